The van der Waals surface area contributed by atoms with Gasteiger partial charge >= 0.3 is 0 Å². The van der Waals surface area contributed by atoms with Gasteiger partial charge in [0.2, 0.25) is 0 Å². The Balaban J connectivity index is 2.73. The number of aromatic amines is 1. The van der Waals surface area contributed by atoms with Gasteiger partial charge in [-0.15, -0.1) is 11.6 Å². The standard InChI is InChI=1S/C10H17ClN2/c1-4-10(2,3)5-9-8(6-11)7-12-13-9/h7H,4-6H2,1-3H3,(H,12,13). The lowest BCUT2D eigenvalue weighted by Gasteiger charge is -2.21. The molecule has 1 aromatic heterocycles. The first-order valence-corrected chi connectivity index (χ1v) is 5.19. The summed E-state index contributed by atoms with van der Waals surface area (Å²) in [5, 5.41) is 7.01. The van der Waals surface area contributed by atoms with Gasteiger partial charge in [0.1, 0.15) is 0 Å². The number of rotatable bonds is 4. The fourth-order valence-electron chi connectivity index (χ4n) is 1.21. The molecular formula is C10H17ClN2. The minimum Gasteiger partial charge on any atom is -0.282 e. The van der Waals surface area contributed by atoms with E-state index < -0.39 is 0 Å². The SMILES string of the molecule is CCC(C)(C)Cc1[nH]ncc1CCl. The van der Waals surface area contributed by atoms with Crippen molar-refractivity contribution in [2.75, 3.05) is 0 Å². The third-order valence-corrected chi connectivity index (χ3v) is 2.85. The highest BCUT2D eigenvalue weighted by Gasteiger charge is 2.18. The Labute approximate surface area is 84.7 Å². The van der Waals surface area contributed by atoms with Gasteiger partial charge in [-0.3, -0.25) is 5.10 Å². The lowest BCUT2D eigenvalue weighted by atomic mass is 9.84. The second-order valence-electron chi connectivity index (χ2n) is 4.20. The predicted octanol–water partition coefficient (Wildman–Crippen LogP) is 3.13. The molecule has 0 saturated carbocycles. The molecule has 0 aliphatic rings. The molecule has 1 heterocycles. The maximum absolute atomic E-state index is 5.79. The molecular weight excluding hydrogens is 184 g/mol. The summed E-state index contributed by atoms with van der Waals surface area (Å²) < 4.78 is 0. The van der Waals surface area contributed by atoms with Crippen LogP contribution in [-0.2, 0) is 12.3 Å². The fourth-order valence-corrected chi connectivity index (χ4v) is 1.44. The zero-order valence-electron chi connectivity index (χ0n) is 8.52. The van der Waals surface area contributed by atoms with Gasteiger partial charge in [-0.2, -0.15) is 5.10 Å². The second-order valence-corrected chi connectivity index (χ2v) is 4.47. The summed E-state index contributed by atoms with van der Waals surface area (Å²) in [6.07, 6.45) is 3.99. The van der Waals surface area contributed by atoms with Crippen LogP contribution in [0.4, 0.5) is 0 Å². The van der Waals surface area contributed by atoms with E-state index in [4.69, 9.17) is 11.6 Å². The molecule has 0 fully saturated rings. The molecule has 0 amide bonds. The summed E-state index contributed by atoms with van der Waals surface area (Å²) in [5.74, 6) is 0.547. The molecule has 13 heavy (non-hydrogen) atoms. The number of nitrogens with one attached hydrogen (secondary N) is 1. The van der Waals surface area contributed by atoms with E-state index >= 15 is 0 Å². The van der Waals surface area contributed by atoms with Crippen molar-refractivity contribution in [3.63, 3.8) is 0 Å². The van der Waals surface area contributed by atoms with Crippen molar-refractivity contribution in [1.82, 2.24) is 10.2 Å². The first kappa shape index (κ1) is 10.6. The van der Waals surface area contributed by atoms with Crippen LogP contribution in [0.25, 0.3) is 0 Å². The van der Waals surface area contributed by atoms with Crippen LogP contribution in [0.2, 0.25) is 0 Å². The molecule has 0 radical (unpaired) electrons. The average Bonchev–Trinajstić information content (AvgIpc) is 2.51. The van der Waals surface area contributed by atoms with Crippen LogP contribution in [0.15, 0.2) is 6.20 Å². The number of nitrogens with zero attached hydrogens (tertiary/aromatic N) is 1. The lowest BCUT2D eigenvalue weighted by molar-refractivity contribution is 0.344. The Morgan fingerprint density at radius 2 is 2.23 bits per heavy atom. The fraction of sp³-hybridized carbons (Fsp3) is 0.700. The first-order chi connectivity index (χ1) is 6.09. The third kappa shape index (κ3) is 2.73. The zero-order chi connectivity index (χ0) is 9.90. The topological polar surface area (TPSA) is 28.7 Å². The summed E-state index contributed by atoms with van der Waals surface area (Å²) >= 11 is 5.79. The van der Waals surface area contributed by atoms with Gasteiger partial charge in [-0.25, -0.2) is 0 Å². The Hall–Kier alpha value is -0.500. The van der Waals surface area contributed by atoms with Crippen molar-refractivity contribution >= 4 is 11.6 Å². The van der Waals surface area contributed by atoms with Crippen molar-refractivity contribution < 1.29 is 0 Å². The molecule has 0 aliphatic heterocycles. The molecule has 74 valence electrons. The Morgan fingerprint density at radius 3 is 2.77 bits per heavy atom. The number of H-pyrrole nitrogens is 1. The average molecular weight is 201 g/mol. The summed E-state index contributed by atoms with van der Waals surface area (Å²) in [5.41, 5.74) is 2.64. The molecule has 0 atom stereocenters. The summed E-state index contributed by atoms with van der Waals surface area (Å²) in [4.78, 5) is 0. The molecule has 3 heteroatoms. The molecule has 1 rings (SSSR count). The minimum atomic E-state index is 0.327. The minimum absolute atomic E-state index is 0.327. The molecule has 1 aromatic rings. The van der Waals surface area contributed by atoms with Gasteiger partial charge < -0.3 is 0 Å². The monoisotopic (exact) mass is 200 g/mol. The van der Waals surface area contributed by atoms with Crippen molar-refractivity contribution in [2.24, 2.45) is 5.41 Å². The predicted molar refractivity (Wildman–Crippen MR) is 55.9 cm³/mol. The van der Waals surface area contributed by atoms with Gasteiger partial charge in [0.05, 0.1) is 12.1 Å². The van der Waals surface area contributed by atoms with Crippen LogP contribution in [0, 0.1) is 5.41 Å². The Kier molecular flexibility index (Phi) is 3.37. The highest BCUT2D eigenvalue weighted by Crippen LogP contribution is 2.26. The highest BCUT2D eigenvalue weighted by atomic mass is 35.5. The number of aromatic nitrogens is 2. The zero-order valence-corrected chi connectivity index (χ0v) is 9.28. The van der Waals surface area contributed by atoms with E-state index in [2.05, 4.69) is 31.0 Å². The number of hydrogen-bond donors (Lipinski definition) is 1. The number of hydrogen-bond acceptors (Lipinski definition) is 1. The van der Waals surface area contributed by atoms with Crippen LogP contribution in [0.1, 0.15) is 38.4 Å². The molecule has 0 bridgehead atoms. The van der Waals surface area contributed by atoms with E-state index in [1.807, 2.05) is 6.20 Å². The third-order valence-electron chi connectivity index (χ3n) is 2.56. The second kappa shape index (κ2) is 4.14. The van der Waals surface area contributed by atoms with Crippen LogP contribution in [0.3, 0.4) is 0 Å². The lowest BCUT2D eigenvalue weighted by Crippen LogP contribution is -2.14. The summed E-state index contributed by atoms with van der Waals surface area (Å²) in [6.45, 7) is 6.72. The first-order valence-electron chi connectivity index (χ1n) is 4.66. The smallest absolute Gasteiger partial charge is 0.0534 e. The molecule has 1 N–H and O–H groups in total. The summed E-state index contributed by atoms with van der Waals surface area (Å²) in [6, 6.07) is 0. The normalized spacial score (nSPS) is 12.0. The van der Waals surface area contributed by atoms with E-state index in [-0.39, 0.29) is 0 Å². The van der Waals surface area contributed by atoms with E-state index in [1.165, 1.54) is 5.69 Å². The van der Waals surface area contributed by atoms with Gasteiger partial charge in [0.25, 0.3) is 0 Å². The van der Waals surface area contributed by atoms with Gasteiger partial charge in [0.15, 0.2) is 0 Å². The van der Waals surface area contributed by atoms with Gasteiger partial charge in [-0.05, 0) is 11.8 Å². The van der Waals surface area contributed by atoms with Crippen molar-refractivity contribution in [3.8, 4) is 0 Å². The molecule has 0 saturated heterocycles. The molecule has 0 aliphatic carbocycles. The molecule has 0 aromatic carbocycles. The largest absolute Gasteiger partial charge is 0.282 e. The van der Waals surface area contributed by atoms with Crippen molar-refractivity contribution in [1.29, 1.82) is 0 Å². The maximum atomic E-state index is 5.79. The van der Waals surface area contributed by atoms with Crippen molar-refractivity contribution in [3.05, 3.63) is 17.5 Å². The van der Waals surface area contributed by atoms with E-state index in [0.29, 0.717) is 11.3 Å². The molecule has 0 spiro atoms. The Bertz CT molecular complexity index is 266. The van der Waals surface area contributed by atoms with Crippen LogP contribution in [0.5, 0.6) is 0 Å². The van der Waals surface area contributed by atoms with E-state index in [1.54, 1.807) is 0 Å². The van der Waals surface area contributed by atoms with Crippen LogP contribution in [-0.4, -0.2) is 10.2 Å². The van der Waals surface area contributed by atoms with Gasteiger partial charge in [-0.1, -0.05) is 27.2 Å². The summed E-state index contributed by atoms with van der Waals surface area (Å²) in [7, 11) is 0. The Morgan fingerprint density at radius 1 is 1.54 bits per heavy atom. The number of halogens is 1. The van der Waals surface area contributed by atoms with Crippen molar-refractivity contribution in [2.45, 2.75) is 39.5 Å². The van der Waals surface area contributed by atoms with E-state index in [0.717, 1.165) is 18.4 Å². The maximum Gasteiger partial charge on any atom is 0.0534 e. The molecule has 2 nitrogen and oxygen atoms in total. The highest BCUT2D eigenvalue weighted by molar-refractivity contribution is 6.17. The quantitative estimate of drug-likeness (QED) is 0.744. The van der Waals surface area contributed by atoms with Gasteiger partial charge in [0, 0.05) is 11.3 Å². The molecule has 0 unspecified atom stereocenters. The van der Waals surface area contributed by atoms with Crippen LogP contribution < -0.4 is 0 Å². The van der Waals surface area contributed by atoms with E-state index in [9.17, 15) is 0 Å². The number of alkyl halides is 1. The van der Waals surface area contributed by atoms with Crippen LogP contribution >= 0.6 is 11.6 Å².